The fourth-order valence-electron chi connectivity index (χ4n) is 3.73. The van der Waals surface area contributed by atoms with E-state index in [0.717, 1.165) is 0 Å². The zero-order valence-electron chi connectivity index (χ0n) is 18.1. The van der Waals surface area contributed by atoms with Gasteiger partial charge in [-0.2, -0.15) is 0 Å². The Labute approximate surface area is 190 Å². The minimum atomic E-state index is -3.08. The van der Waals surface area contributed by atoms with E-state index in [-0.39, 0.29) is 23.9 Å². The quantitative estimate of drug-likeness (QED) is 0.495. The fourth-order valence-corrected chi connectivity index (χ4v) is 5.41. The molecule has 174 valence electrons. The molecule has 10 heteroatoms. The van der Waals surface area contributed by atoms with Gasteiger partial charge in [-0.05, 0) is 42.8 Å². The van der Waals surface area contributed by atoms with Crippen molar-refractivity contribution in [3.8, 4) is 17.2 Å². The molecular formula is C23H23NO8S. The van der Waals surface area contributed by atoms with E-state index in [1.807, 2.05) is 0 Å². The highest BCUT2D eigenvalue weighted by Gasteiger charge is 2.29. The van der Waals surface area contributed by atoms with Gasteiger partial charge < -0.3 is 23.9 Å². The van der Waals surface area contributed by atoms with Crippen LogP contribution in [0.25, 0.3) is 11.0 Å². The Morgan fingerprint density at radius 1 is 1.09 bits per heavy atom. The molecule has 1 atom stereocenters. The molecule has 0 saturated carbocycles. The second kappa shape index (κ2) is 9.14. The third kappa shape index (κ3) is 4.95. The van der Waals surface area contributed by atoms with Crippen LogP contribution in [0.1, 0.15) is 22.3 Å². The summed E-state index contributed by atoms with van der Waals surface area (Å²) in [5, 5.41) is 3.21. The van der Waals surface area contributed by atoms with Gasteiger partial charge in [0.05, 0.1) is 31.3 Å². The molecule has 2 aromatic carbocycles. The summed E-state index contributed by atoms with van der Waals surface area (Å²) in [6, 6.07) is 9.39. The zero-order valence-corrected chi connectivity index (χ0v) is 18.9. The zero-order chi connectivity index (χ0) is 23.6. The molecule has 4 rings (SSSR count). The van der Waals surface area contributed by atoms with Gasteiger partial charge in [0.1, 0.15) is 17.6 Å². The normalized spacial score (nSPS) is 17.0. The number of ether oxygens (including phenoxy) is 3. The number of furan rings is 1. The van der Waals surface area contributed by atoms with Crippen molar-refractivity contribution in [3.63, 3.8) is 0 Å². The molecule has 9 nitrogen and oxygen atoms in total. The van der Waals surface area contributed by atoms with Crippen LogP contribution in [0.15, 0.2) is 47.1 Å². The number of carbonyl (C=O) groups excluding carboxylic acids is 2. The molecule has 0 spiro atoms. The van der Waals surface area contributed by atoms with E-state index in [9.17, 15) is 18.0 Å². The smallest absolute Gasteiger partial charge is 0.258 e. The molecule has 0 bridgehead atoms. The van der Waals surface area contributed by atoms with E-state index >= 15 is 0 Å². The van der Waals surface area contributed by atoms with Crippen molar-refractivity contribution in [1.82, 2.24) is 5.32 Å². The summed E-state index contributed by atoms with van der Waals surface area (Å²) < 4.78 is 44.6. The Kier molecular flexibility index (Phi) is 6.28. The van der Waals surface area contributed by atoms with Crippen LogP contribution in [0.3, 0.4) is 0 Å². The monoisotopic (exact) mass is 473 g/mol. The topological polar surface area (TPSA) is 121 Å². The lowest BCUT2D eigenvalue weighted by Gasteiger charge is -2.11. The van der Waals surface area contributed by atoms with Crippen molar-refractivity contribution in [3.05, 3.63) is 53.8 Å². The average molecular weight is 474 g/mol. The lowest BCUT2D eigenvalue weighted by molar-refractivity contribution is -0.123. The van der Waals surface area contributed by atoms with Crippen LogP contribution in [0.4, 0.5) is 0 Å². The summed E-state index contributed by atoms with van der Waals surface area (Å²) in [5.74, 6) is 0.655. The highest BCUT2D eigenvalue weighted by atomic mass is 32.2. The van der Waals surface area contributed by atoms with Crippen molar-refractivity contribution in [1.29, 1.82) is 0 Å². The molecule has 0 radical (unpaired) electrons. The van der Waals surface area contributed by atoms with Gasteiger partial charge >= 0.3 is 0 Å². The maximum Gasteiger partial charge on any atom is 0.258 e. The van der Waals surface area contributed by atoms with Gasteiger partial charge in [-0.3, -0.25) is 9.59 Å². The molecular weight excluding hydrogens is 450 g/mol. The van der Waals surface area contributed by atoms with Crippen molar-refractivity contribution >= 4 is 32.5 Å². The summed E-state index contributed by atoms with van der Waals surface area (Å²) in [6.07, 6.45) is 1.78. The van der Waals surface area contributed by atoms with E-state index in [2.05, 4.69) is 5.32 Å². The molecule has 1 unspecified atom stereocenters. The summed E-state index contributed by atoms with van der Waals surface area (Å²) in [6.45, 7) is -0.279. The number of hydrogen-bond donors (Lipinski definition) is 1. The number of carbonyl (C=O) groups is 2. The highest BCUT2D eigenvalue weighted by Crippen LogP contribution is 2.31. The molecule has 1 aromatic heterocycles. The fraction of sp³-hybridized carbons (Fsp3) is 0.304. The lowest BCUT2D eigenvalue weighted by Crippen LogP contribution is -2.38. The predicted molar refractivity (Wildman–Crippen MR) is 120 cm³/mol. The number of nitrogens with one attached hydrogen (secondary N) is 1. The predicted octanol–water partition coefficient (Wildman–Crippen LogP) is 2.36. The number of methoxy groups -OCH3 is 2. The molecule has 0 aliphatic carbocycles. The minimum absolute atomic E-state index is 0.0542. The average Bonchev–Trinajstić information content (AvgIpc) is 3.38. The van der Waals surface area contributed by atoms with Crippen molar-refractivity contribution in [2.24, 2.45) is 0 Å². The summed E-state index contributed by atoms with van der Waals surface area (Å²) in [7, 11) is -0.0781. The molecule has 1 aliphatic heterocycles. The van der Waals surface area contributed by atoms with Gasteiger partial charge in [-0.15, -0.1) is 0 Å². The molecule has 1 fully saturated rings. The Balaban J connectivity index is 1.48. The lowest BCUT2D eigenvalue weighted by atomic mass is 10.0. The maximum absolute atomic E-state index is 13.1. The summed E-state index contributed by atoms with van der Waals surface area (Å²) >= 11 is 0. The minimum Gasteiger partial charge on any atom is -0.493 e. The molecule has 2 heterocycles. The first-order chi connectivity index (χ1) is 15.8. The van der Waals surface area contributed by atoms with Crippen LogP contribution < -0.4 is 19.5 Å². The first kappa shape index (κ1) is 22.7. The number of rotatable bonds is 8. The van der Waals surface area contributed by atoms with Crippen LogP contribution in [0.2, 0.25) is 0 Å². The first-order valence-corrected chi connectivity index (χ1v) is 12.0. The van der Waals surface area contributed by atoms with Crippen molar-refractivity contribution in [2.45, 2.75) is 12.5 Å². The van der Waals surface area contributed by atoms with Crippen LogP contribution >= 0.6 is 0 Å². The molecule has 1 amide bonds. The molecule has 1 N–H and O–H groups in total. The molecule has 1 aliphatic rings. The van der Waals surface area contributed by atoms with Gasteiger partial charge in [0.15, 0.2) is 33.7 Å². The van der Waals surface area contributed by atoms with Gasteiger partial charge in [0.25, 0.3) is 5.91 Å². The Hall–Kier alpha value is -3.53. The standard InChI is InChI=1S/C23H23NO8S/c1-29-20-5-3-14(9-21(20)30-2)23(26)18-11-32-19-6-4-16(10-17(18)19)31-12-22(25)24-15-7-8-33(27,28)13-15/h3-6,9-11,15H,7-8,12-13H2,1-2H3,(H,24,25). The van der Waals surface area contributed by atoms with E-state index in [1.165, 1.54) is 20.5 Å². The first-order valence-electron chi connectivity index (χ1n) is 10.2. The van der Waals surface area contributed by atoms with Crippen LogP contribution in [-0.2, 0) is 14.6 Å². The van der Waals surface area contributed by atoms with Crippen LogP contribution in [0.5, 0.6) is 17.2 Å². The molecule has 3 aromatic rings. The summed E-state index contributed by atoms with van der Waals surface area (Å²) in [5.41, 5.74) is 1.22. The number of amides is 1. The number of sulfone groups is 1. The molecule has 1 saturated heterocycles. The second-order valence-corrected chi connectivity index (χ2v) is 9.89. The van der Waals surface area contributed by atoms with Gasteiger partial charge in [-0.1, -0.05) is 0 Å². The van der Waals surface area contributed by atoms with Crippen molar-refractivity contribution < 1.29 is 36.6 Å². The molecule has 33 heavy (non-hydrogen) atoms. The van der Waals surface area contributed by atoms with Crippen LogP contribution in [0, 0.1) is 0 Å². The Morgan fingerprint density at radius 2 is 1.88 bits per heavy atom. The largest absolute Gasteiger partial charge is 0.493 e. The highest BCUT2D eigenvalue weighted by molar-refractivity contribution is 7.91. The van der Waals surface area contributed by atoms with E-state index in [4.69, 9.17) is 18.6 Å². The summed E-state index contributed by atoms with van der Waals surface area (Å²) in [4.78, 5) is 25.2. The maximum atomic E-state index is 13.1. The van der Waals surface area contributed by atoms with E-state index < -0.39 is 21.8 Å². The van der Waals surface area contributed by atoms with Gasteiger partial charge in [0, 0.05) is 17.0 Å². The van der Waals surface area contributed by atoms with Crippen molar-refractivity contribution in [2.75, 3.05) is 32.3 Å². The number of benzene rings is 2. The van der Waals surface area contributed by atoms with E-state index in [0.29, 0.717) is 45.8 Å². The Bertz CT molecular complexity index is 1310. The van der Waals surface area contributed by atoms with Gasteiger partial charge in [-0.25, -0.2) is 8.42 Å². The van der Waals surface area contributed by atoms with Gasteiger partial charge in [0.2, 0.25) is 0 Å². The third-order valence-electron chi connectivity index (χ3n) is 5.40. The third-order valence-corrected chi connectivity index (χ3v) is 7.17. The number of ketones is 1. The number of fused-ring (bicyclic) bond motifs is 1. The SMILES string of the molecule is COc1ccc(C(=O)c2coc3ccc(OCC(=O)NC4CCS(=O)(=O)C4)cc23)cc1OC. The van der Waals surface area contributed by atoms with Crippen LogP contribution in [-0.4, -0.2) is 58.5 Å². The second-order valence-electron chi connectivity index (χ2n) is 7.66. The van der Waals surface area contributed by atoms with E-state index in [1.54, 1.807) is 36.4 Å². The number of hydrogen-bond acceptors (Lipinski definition) is 8. The Morgan fingerprint density at radius 3 is 2.58 bits per heavy atom.